The summed E-state index contributed by atoms with van der Waals surface area (Å²) in [6.07, 6.45) is 2.16. The Hall–Kier alpha value is -2.82. The van der Waals surface area contributed by atoms with Crippen LogP contribution in [0.25, 0.3) is 0 Å². The summed E-state index contributed by atoms with van der Waals surface area (Å²) in [5.74, 6) is -0.574. The van der Waals surface area contributed by atoms with Gasteiger partial charge in [-0.05, 0) is 54.8 Å². The normalized spacial score (nSPS) is 12.7. The average Bonchev–Trinajstić information content (AvgIpc) is 2.61. The highest BCUT2D eigenvalue weighted by atomic mass is 16.5. The van der Waals surface area contributed by atoms with Gasteiger partial charge < -0.3 is 15.4 Å². The van der Waals surface area contributed by atoms with Crippen molar-refractivity contribution >= 4 is 23.3 Å². The van der Waals surface area contributed by atoms with Gasteiger partial charge in [0.15, 0.2) is 0 Å². The topological polar surface area (TPSA) is 67.4 Å². The van der Waals surface area contributed by atoms with Crippen LogP contribution < -0.4 is 10.6 Å². The van der Waals surface area contributed by atoms with Gasteiger partial charge in [-0.15, -0.1) is 0 Å². The molecule has 2 aromatic rings. The van der Waals surface area contributed by atoms with E-state index in [1.54, 1.807) is 24.3 Å². The summed E-state index contributed by atoms with van der Waals surface area (Å²) < 4.78 is 4.65. The van der Waals surface area contributed by atoms with Crippen LogP contribution in [0.1, 0.15) is 32.7 Å². The number of nitrogens with one attached hydrogen (secondary N) is 2. The number of aryl methyl sites for hydroxylation is 1. The van der Waals surface area contributed by atoms with Crippen molar-refractivity contribution < 1.29 is 14.3 Å². The Labute approximate surface area is 134 Å². The number of carbonyl (C=O) groups is 2. The molecule has 0 saturated carbocycles. The van der Waals surface area contributed by atoms with Crippen molar-refractivity contribution in [1.82, 2.24) is 0 Å². The predicted molar refractivity (Wildman–Crippen MR) is 89.0 cm³/mol. The lowest BCUT2D eigenvalue weighted by Crippen LogP contribution is -2.15. The van der Waals surface area contributed by atoms with Crippen molar-refractivity contribution in [2.75, 3.05) is 24.3 Å². The van der Waals surface area contributed by atoms with Crippen LogP contribution in [0.5, 0.6) is 0 Å². The van der Waals surface area contributed by atoms with Crippen LogP contribution in [0.15, 0.2) is 42.5 Å². The maximum Gasteiger partial charge on any atom is 0.337 e. The van der Waals surface area contributed by atoms with E-state index in [2.05, 4.69) is 15.4 Å². The summed E-state index contributed by atoms with van der Waals surface area (Å²) in [5.41, 5.74) is 3.96. The van der Waals surface area contributed by atoms with Crippen molar-refractivity contribution in [3.63, 3.8) is 0 Å². The molecule has 2 aromatic carbocycles. The van der Waals surface area contributed by atoms with Crippen molar-refractivity contribution in [1.29, 1.82) is 0 Å². The fraction of sp³-hybridized carbons (Fsp3) is 0.222. The number of carbonyl (C=O) groups excluding carboxylic acids is 2. The third-order valence-corrected chi connectivity index (χ3v) is 3.87. The van der Waals surface area contributed by atoms with Crippen LogP contribution in [-0.4, -0.2) is 25.5 Å². The first-order chi connectivity index (χ1) is 11.2. The molecule has 2 N–H and O–H groups in total. The van der Waals surface area contributed by atoms with Gasteiger partial charge in [-0.2, -0.15) is 0 Å². The number of amides is 1. The first kappa shape index (κ1) is 15.1. The molecule has 0 aliphatic carbocycles. The summed E-state index contributed by atoms with van der Waals surface area (Å²) in [4.78, 5) is 23.7. The zero-order chi connectivity index (χ0) is 16.2. The number of benzene rings is 2. The van der Waals surface area contributed by atoms with Crippen LogP contribution in [0, 0.1) is 0 Å². The number of anilines is 2. The van der Waals surface area contributed by atoms with E-state index in [-0.39, 0.29) is 5.91 Å². The van der Waals surface area contributed by atoms with E-state index in [9.17, 15) is 9.59 Å². The number of hydrogen-bond acceptors (Lipinski definition) is 4. The van der Waals surface area contributed by atoms with E-state index in [1.165, 1.54) is 12.7 Å². The molecular formula is C18H18N2O3. The predicted octanol–water partition coefficient (Wildman–Crippen LogP) is 3.08. The van der Waals surface area contributed by atoms with Gasteiger partial charge in [0, 0.05) is 23.5 Å². The molecule has 1 aliphatic heterocycles. The number of methoxy groups -OCH3 is 1. The highest BCUT2D eigenvalue weighted by Crippen LogP contribution is 2.23. The Morgan fingerprint density at radius 2 is 1.83 bits per heavy atom. The highest BCUT2D eigenvalue weighted by molar-refractivity contribution is 6.05. The molecule has 1 heterocycles. The van der Waals surface area contributed by atoms with Crippen LogP contribution in [0.2, 0.25) is 0 Å². The van der Waals surface area contributed by atoms with E-state index in [4.69, 9.17) is 0 Å². The standard InChI is InChI=1S/C18H18N2O3/c1-23-18(22)13-6-8-15(9-7-13)20-17(21)14-5-4-12-3-2-10-19-16(12)11-14/h4-9,11,19H,2-3,10H2,1H3,(H,20,21). The third kappa shape index (κ3) is 3.34. The number of rotatable bonds is 3. The van der Waals surface area contributed by atoms with Gasteiger partial charge in [0.2, 0.25) is 0 Å². The Morgan fingerprint density at radius 3 is 2.57 bits per heavy atom. The molecule has 0 spiro atoms. The fourth-order valence-electron chi connectivity index (χ4n) is 2.61. The molecule has 1 aliphatic rings. The van der Waals surface area contributed by atoms with Crippen molar-refractivity contribution in [3.8, 4) is 0 Å². The highest BCUT2D eigenvalue weighted by Gasteiger charge is 2.13. The molecule has 23 heavy (non-hydrogen) atoms. The van der Waals surface area contributed by atoms with Crippen LogP contribution in [0.3, 0.4) is 0 Å². The largest absolute Gasteiger partial charge is 0.465 e. The Morgan fingerprint density at radius 1 is 1.09 bits per heavy atom. The second kappa shape index (κ2) is 6.52. The molecule has 118 valence electrons. The van der Waals surface area contributed by atoms with Crippen molar-refractivity contribution in [2.45, 2.75) is 12.8 Å². The monoisotopic (exact) mass is 310 g/mol. The maximum atomic E-state index is 12.3. The van der Waals surface area contributed by atoms with Crippen LogP contribution in [-0.2, 0) is 11.2 Å². The number of esters is 1. The van der Waals surface area contributed by atoms with E-state index >= 15 is 0 Å². The lowest BCUT2D eigenvalue weighted by atomic mass is 10.0. The summed E-state index contributed by atoms with van der Waals surface area (Å²) in [5, 5.41) is 6.15. The van der Waals surface area contributed by atoms with E-state index in [0.717, 1.165) is 25.1 Å². The van der Waals surface area contributed by atoms with Gasteiger partial charge in [0.25, 0.3) is 5.91 Å². The van der Waals surface area contributed by atoms with Gasteiger partial charge in [-0.1, -0.05) is 6.07 Å². The molecule has 0 atom stereocenters. The van der Waals surface area contributed by atoms with E-state index < -0.39 is 5.97 Å². The third-order valence-electron chi connectivity index (χ3n) is 3.87. The van der Waals surface area contributed by atoms with Gasteiger partial charge in [-0.25, -0.2) is 4.79 Å². The summed E-state index contributed by atoms with van der Waals surface area (Å²) >= 11 is 0. The lowest BCUT2D eigenvalue weighted by Gasteiger charge is -2.18. The first-order valence-electron chi connectivity index (χ1n) is 7.54. The van der Waals surface area contributed by atoms with Gasteiger partial charge in [0.1, 0.15) is 0 Å². The fourth-order valence-corrected chi connectivity index (χ4v) is 2.61. The number of hydrogen-bond donors (Lipinski definition) is 2. The first-order valence-corrected chi connectivity index (χ1v) is 7.54. The minimum Gasteiger partial charge on any atom is -0.465 e. The molecule has 1 amide bonds. The lowest BCUT2D eigenvalue weighted by molar-refractivity contribution is 0.0600. The Bertz CT molecular complexity index is 738. The smallest absolute Gasteiger partial charge is 0.337 e. The minimum atomic E-state index is -0.399. The summed E-state index contributed by atoms with van der Waals surface area (Å²) in [6, 6.07) is 12.3. The van der Waals surface area contributed by atoms with Crippen LogP contribution in [0.4, 0.5) is 11.4 Å². The SMILES string of the molecule is COC(=O)c1ccc(NC(=O)c2ccc3c(c2)NCCC3)cc1. The van der Waals surface area contributed by atoms with Gasteiger partial charge in [0.05, 0.1) is 12.7 Å². The molecule has 0 bridgehead atoms. The second-order valence-corrected chi connectivity index (χ2v) is 5.43. The Balaban J connectivity index is 1.72. The molecule has 3 rings (SSSR count). The minimum absolute atomic E-state index is 0.175. The molecule has 0 saturated heterocycles. The van der Waals surface area contributed by atoms with E-state index in [1.807, 2.05) is 18.2 Å². The number of ether oxygens (including phenoxy) is 1. The number of fused-ring (bicyclic) bond motifs is 1. The molecule has 5 nitrogen and oxygen atoms in total. The zero-order valence-corrected chi connectivity index (χ0v) is 12.9. The van der Waals surface area contributed by atoms with Crippen LogP contribution >= 0.6 is 0 Å². The van der Waals surface area contributed by atoms with Crippen molar-refractivity contribution in [3.05, 3.63) is 59.2 Å². The van der Waals surface area contributed by atoms with E-state index in [0.29, 0.717) is 16.8 Å². The summed E-state index contributed by atoms with van der Waals surface area (Å²) in [7, 11) is 1.34. The molecule has 0 fully saturated rings. The second-order valence-electron chi connectivity index (χ2n) is 5.43. The zero-order valence-electron chi connectivity index (χ0n) is 12.9. The quantitative estimate of drug-likeness (QED) is 0.855. The molecular weight excluding hydrogens is 292 g/mol. The average molecular weight is 310 g/mol. The molecule has 0 unspecified atom stereocenters. The van der Waals surface area contributed by atoms with Gasteiger partial charge >= 0.3 is 5.97 Å². The molecule has 5 heteroatoms. The van der Waals surface area contributed by atoms with Gasteiger partial charge in [-0.3, -0.25) is 4.79 Å². The van der Waals surface area contributed by atoms with Crippen molar-refractivity contribution in [2.24, 2.45) is 0 Å². The molecule has 0 radical (unpaired) electrons. The molecule has 0 aromatic heterocycles. The maximum absolute atomic E-state index is 12.3. The Kier molecular flexibility index (Phi) is 4.28. The summed E-state index contributed by atoms with van der Waals surface area (Å²) in [6.45, 7) is 0.938.